The van der Waals surface area contributed by atoms with Crippen molar-refractivity contribution in [3.63, 3.8) is 0 Å². The fourth-order valence-electron chi connectivity index (χ4n) is 1.64. The molecule has 1 fully saturated rings. The van der Waals surface area contributed by atoms with E-state index in [1.54, 1.807) is 0 Å². The molecule has 0 heterocycles. The molecule has 2 bridgehead atoms. The van der Waals surface area contributed by atoms with E-state index in [1.165, 1.54) is 0 Å². The highest BCUT2D eigenvalue weighted by molar-refractivity contribution is 6.51. The van der Waals surface area contributed by atoms with Crippen LogP contribution in [0.5, 0.6) is 0 Å². The average molecular weight is 249 g/mol. The third-order valence-corrected chi connectivity index (χ3v) is 4.67. The van der Waals surface area contributed by atoms with E-state index in [4.69, 9.17) is 47.8 Å². The van der Waals surface area contributed by atoms with Crippen LogP contribution in [-0.4, -0.2) is 21.0 Å². The van der Waals surface area contributed by atoms with Crippen molar-refractivity contribution in [2.45, 2.75) is 28.7 Å². The van der Waals surface area contributed by atoms with Crippen molar-refractivity contribution in [1.29, 1.82) is 0 Å². The standard InChI is InChI=1S/C7H6Cl4O/c8-4-5(9)7(11)2-6(4,10)1-3(7)12/h3,12H,1-2H2/i1D. The van der Waals surface area contributed by atoms with Gasteiger partial charge in [-0.25, -0.2) is 0 Å². The number of aliphatic hydroxyl groups is 1. The predicted molar refractivity (Wildman–Crippen MR) is 51.1 cm³/mol. The van der Waals surface area contributed by atoms with E-state index in [0.29, 0.717) is 0 Å². The summed E-state index contributed by atoms with van der Waals surface area (Å²) < 4.78 is 7.62. The van der Waals surface area contributed by atoms with Gasteiger partial charge in [0.2, 0.25) is 0 Å². The summed E-state index contributed by atoms with van der Waals surface area (Å²) in [6.45, 7) is 0. The normalized spacial score (nSPS) is 59.6. The van der Waals surface area contributed by atoms with Crippen molar-refractivity contribution < 1.29 is 6.48 Å². The lowest BCUT2D eigenvalue weighted by Crippen LogP contribution is -2.32. The lowest BCUT2D eigenvalue weighted by molar-refractivity contribution is 0.158. The maximum Gasteiger partial charge on any atom is 0.109 e. The second-order valence-electron chi connectivity index (χ2n) is 3.14. The van der Waals surface area contributed by atoms with Crippen LogP contribution in [0, 0.1) is 0 Å². The van der Waals surface area contributed by atoms with Gasteiger partial charge in [-0.1, -0.05) is 23.2 Å². The molecule has 2 aliphatic carbocycles. The van der Waals surface area contributed by atoms with Crippen LogP contribution in [0.3, 0.4) is 0 Å². The summed E-state index contributed by atoms with van der Waals surface area (Å²) in [4.78, 5) is -2.24. The van der Waals surface area contributed by atoms with E-state index in [9.17, 15) is 5.11 Å². The molecule has 0 radical (unpaired) electrons. The molecule has 2 rings (SSSR count). The van der Waals surface area contributed by atoms with E-state index >= 15 is 0 Å². The first-order valence-electron chi connectivity index (χ1n) is 3.96. The summed E-state index contributed by atoms with van der Waals surface area (Å²) in [5, 5.41) is 10.0. The maximum atomic E-state index is 9.62. The molecule has 0 aromatic rings. The molecule has 5 heteroatoms. The summed E-state index contributed by atoms with van der Waals surface area (Å²) in [5.74, 6) is 0. The van der Waals surface area contributed by atoms with Gasteiger partial charge >= 0.3 is 0 Å². The quantitative estimate of drug-likeness (QED) is 0.654. The number of halogens is 4. The molecule has 4 unspecified atom stereocenters. The summed E-state index contributed by atoms with van der Waals surface area (Å²) in [7, 11) is 0. The first-order valence-corrected chi connectivity index (χ1v) is 4.89. The van der Waals surface area contributed by atoms with Gasteiger partial charge in [0.15, 0.2) is 0 Å². The van der Waals surface area contributed by atoms with Crippen molar-refractivity contribution in [3.8, 4) is 0 Å². The first-order chi connectivity index (χ1) is 5.84. The Kier molecular flexibility index (Phi) is 1.68. The van der Waals surface area contributed by atoms with Crippen LogP contribution in [0.4, 0.5) is 0 Å². The molecule has 12 heavy (non-hydrogen) atoms. The molecule has 0 aliphatic heterocycles. The summed E-state index contributed by atoms with van der Waals surface area (Å²) in [6.07, 6.45) is -1.75. The highest BCUT2D eigenvalue weighted by atomic mass is 35.5. The van der Waals surface area contributed by atoms with Crippen LogP contribution < -0.4 is 0 Å². The number of allylic oxidation sites excluding steroid dienone is 1. The predicted octanol–water partition coefficient (Wildman–Crippen LogP) is 2.80. The van der Waals surface area contributed by atoms with Gasteiger partial charge in [-0.2, -0.15) is 0 Å². The van der Waals surface area contributed by atoms with Crippen molar-refractivity contribution in [3.05, 3.63) is 10.1 Å². The zero-order valence-corrected chi connectivity index (χ0v) is 8.84. The van der Waals surface area contributed by atoms with Crippen molar-refractivity contribution >= 4 is 46.4 Å². The Morgan fingerprint density at radius 2 is 2.00 bits per heavy atom. The van der Waals surface area contributed by atoms with Crippen molar-refractivity contribution in [2.75, 3.05) is 0 Å². The maximum absolute atomic E-state index is 9.62. The van der Waals surface area contributed by atoms with Gasteiger partial charge in [0.05, 0.1) is 21.0 Å². The van der Waals surface area contributed by atoms with Gasteiger partial charge in [0.1, 0.15) is 4.87 Å². The van der Waals surface area contributed by atoms with E-state index in [0.717, 1.165) is 0 Å². The number of aliphatic hydroxyl groups excluding tert-OH is 1. The van der Waals surface area contributed by atoms with Gasteiger partial charge in [0, 0.05) is 1.37 Å². The minimum absolute atomic E-state index is 0.182. The third kappa shape index (κ3) is 0.921. The molecule has 0 amide bonds. The highest BCUT2D eigenvalue weighted by Crippen LogP contribution is 2.62. The molecular weight excluding hydrogens is 242 g/mol. The molecule has 0 aromatic carbocycles. The largest absolute Gasteiger partial charge is 0.391 e. The monoisotopic (exact) mass is 247 g/mol. The van der Waals surface area contributed by atoms with Crippen LogP contribution in [0.1, 0.15) is 14.2 Å². The minimum atomic E-state index is -1.15. The Morgan fingerprint density at radius 3 is 2.42 bits per heavy atom. The molecule has 1 nitrogen and oxygen atoms in total. The lowest BCUT2D eigenvalue weighted by atomic mass is 10.0. The smallest absolute Gasteiger partial charge is 0.109 e. The SMILES string of the molecule is [2H]C1C(O)C2(Cl)CC1(Cl)C(Cl)=C2Cl. The molecule has 1 saturated carbocycles. The van der Waals surface area contributed by atoms with Crippen LogP contribution in [0.2, 0.25) is 0 Å². The highest BCUT2D eigenvalue weighted by Gasteiger charge is 2.62. The molecule has 68 valence electrons. The minimum Gasteiger partial charge on any atom is -0.391 e. The fourth-order valence-corrected chi connectivity index (χ4v) is 3.25. The van der Waals surface area contributed by atoms with Crippen LogP contribution in [0.15, 0.2) is 10.1 Å². The van der Waals surface area contributed by atoms with Gasteiger partial charge in [-0.15, -0.1) is 23.2 Å². The van der Waals surface area contributed by atoms with Crippen molar-refractivity contribution in [2.24, 2.45) is 0 Å². The molecule has 4 atom stereocenters. The zero-order chi connectivity index (χ0) is 10.0. The Bertz CT molecular complexity index is 279. The van der Waals surface area contributed by atoms with E-state index in [-0.39, 0.29) is 16.5 Å². The third-order valence-electron chi connectivity index (χ3n) is 2.33. The van der Waals surface area contributed by atoms with Gasteiger partial charge in [0.25, 0.3) is 0 Å². The van der Waals surface area contributed by atoms with Gasteiger partial charge < -0.3 is 5.11 Å². The van der Waals surface area contributed by atoms with E-state index in [1.807, 2.05) is 0 Å². The van der Waals surface area contributed by atoms with Crippen LogP contribution in [-0.2, 0) is 0 Å². The molecule has 0 aromatic heterocycles. The molecule has 2 aliphatic rings. The van der Waals surface area contributed by atoms with Crippen LogP contribution in [0.25, 0.3) is 0 Å². The van der Waals surface area contributed by atoms with E-state index in [2.05, 4.69) is 0 Å². The number of rotatable bonds is 0. The topological polar surface area (TPSA) is 20.2 Å². The number of hydrogen-bond donors (Lipinski definition) is 1. The Hall–Kier alpha value is 0.860. The van der Waals surface area contributed by atoms with Crippen molar-refractivity contribution in [1.82, 2.24) is 0 Å². The fraction of sp³-hybridized carbons (Fsp3) is 0.714. The Labute approximate surface area is 91.6 Å². The second kappa shape index (κ2) is 2.46. The summed E-state index contributed by atoms with van der Waals surface area (Å²) in [5.41, 5.74) is 0. The molecule has 1 N–H and O–H groups in total. The summed E-state index contributed by atoms with van der Waals surface area (Å²) >= 11 is 23.8. The lowest BCUT2D eigenvalue weighted by Gasteiger charge is -2.25. The molecule has 0 spiro atoms. The molecular formula is C7H6Cl4O. The first kappa shape index (κ1) is 8.19. The second-order valence-corrected chi connectivity index (χ2v) is 5.25. The van der Waals surface area contributed by atoms with Gasteiger partial charge in [-0.05, 0) is 12.8 Å². The summed E-state index contributed by atoms with van der Waals surface area (Å²) in [6, 6.07) is 0. The van der Waals surface area contributed by atoms with E-state index < -0.39 is 22.2 Å². The Morgan fingerprint density at radius 1 is 1.42 bits per heavy atom. The van der Waals surface area contributed by atoms with Gasteiger partial charge in [-0.3, -0.25) is 0 Å². The number of fused-ring (bicyclic) bond motifs is 2. The zero-order valence-electron chi connectivity index (χ0n) is 6.82. The number of alkyl halides is 2. The Balaban J connectivity index is 2.58. The molecule has 0 saturated heterocycles. The van der Waals surface area contributed by atoms with Crippen LogP contribution >= 0.6 is 46.4 Å². The number of hydrogen-bond acceptors (Lipinski definition) is 1. The average Bonchev–Trinajstić information content (AvgIpc) is 2.36.